The van der Waals surface area contributed by atoms with E-state index in [0.717, 1.165) is 0 Å². The van der Waals surface area contributed by atoms with Gasteiger partial charge < -0.3 is 9.47 Å². The highest BCUT2D eigenvalue weighted by Gasteiger charge is 2.20. The van der Waals surface area contributed by atoms with Crippen LogP contribution in [0.4, 0.5) is 0 Å². The zero-order chi connectivity index (χ0) is 5.98. The summed E-state index contributed by atoms with van der Waals surface area (Å²) in [7, 11) is 0. The van der Waals surface area contributed by atoms with Gasteiger partial charge in [-0.15, -0.1) is 0 Å². The Bertz CT molecular complexity index is 68.4. The van der Waals surface area contributed by atoms with Gasteiger partial charge in [0.1, 0.15) is 10.0 Å². The van der Waals surface area contributed by atoms with E-state index in [1.807, 2.05) is 0 Å². The maximum Gasteiger partial charge on any atom is 0.148 e. The van der Waals surface area contributed by atoms with Crippen molar-refractivity contribution in [2.45, 2.75) is 10.0 Å². The lowest BCUT2D eigenvalue weighted by Crippen LogP contribution is -2.29. The molecule has 1 heterocycles. The number of halogens is 2. The van der Waals surface area contributed by atoms with Crippen LogP contribution in [-0.2, 0) is 9.47 Å². The summed E-state index contributed by atoms with van der Waals surface area (Å²) in [4.78, 5) is 0. The minimum atomic E-state index is 0.0104. The molecule has 1 rings (SSSR count). The molecule has 48 valence electrons. The van der Waals surface area contributed by atoms with Crippen molar-refractivity contribution in [3.05, 3.63) is 0 Å². The summed E-state index contributed by atoms with van der Waals surface area (Å²) >= 11 is 6.52. The average Bonchev–Trinajstić information content (AvgIpc) is 1.77. The van der Waals surface area contributed by atoms with E-state index in [1.165, 1.54) is 0 Å². The van der Waals surface area contributed by atoms with Gasteiger partial charge in [-0.1, -0.05) is 31.9 Å². The first-order valence-electron chi connectivity index (χ1n) is 2.32. The van der Waals surface area contributed by atoms with E-state index < -0.39 is 0 Å². The van der Waals surface area contributed by atoms with Gasteiger partial charge in [-0.05, 0) is 0 Å². The fraction of sp³-hybridized carbons (Fsp3) is 1.00. The average molecular weight is 246 g/mol. The zero-order valence-electron chi connectivity index (χ0n) is 4.14. The first-order chi connectivity index (χ1) is 3.80. The molecule has 0 aromatic carbocycles. The molecule has 2 nitrogen and oxygen atoms in total. The smallest absolute Gasteiger partial charge is 0.148 e. The Balaban J connectivity index is 2.28. The lowest BCUT2D eigenvalue weighted by Gasteiger charge is -2.22. The SMILES string of the molecule is BrC1OCCOC1Br. The molecule has 1 aliphatic heterocycles. The van der Waals surface area contributed by atoms with E-state index in [2.05, 4.69) is 31.9 Å². The Morgan fingerprint density at radius 2 is 1.38 bits per heavy atom. The molecule has 0 aromatic heterocycles. The van der Waals surface area contributed by atoms with Crippen molar-refractivity contribution in [2.75, 3.05) is 13.2 Å². The van der Waals surface area contributed by atoms with E-state index in [4.69, 9.17) is 9.47 Å². The normalized spacial score (nSPS) is 39.8. The lowest BCUT2D eigenvalue weighted by molar-refractivity contribution is -0.0603. The Labute approximate surface area is 64.8 Å². The second-order valence-electron chi connectivity index (χ2n) is 1.44. The van der Waals surface area contributed by atoms with E-state index in [9.17, 15) is 0 Å². The van der Waals surface area contributed by atoms with E-state index in [-0.39, 0.29) is 10.0 Å². The summed E-state index contributed by atoms with van der Waals surface area (Å²) in [5.41, 5.74) is 0. The largest absolute Gasteiger partial charge is 0.361 e. The van der Waals surface area contributed by atoms with E-state index in [0.29, 0.717) is 13.2 Å². The molecule has 2 atom stereocenters. The second-order valence-corrected chi connectivity index (χ2v) is 3.25. The molecule has 1 aliphatic rings. The molecule has 0 N–H and O–H groups in total. The molecule has 0 aromatic rings. The van der Waals surface area contributed by atoms with Crippen molar-refractivity contribution < 1.29 is 9.47 Å². The third-order valence-corrected chi connectivity index (χ3v) is 3.04. The minimum absolute atomic E-state index is 0.0104. The Kier molecular flexibility index (Phi) is 2.75. The molecule has 4 heteroatoms. The number of alkyl halides is 2. The Hall–Kier alpha value is 0.880. The highest BCUT2D eigenvalue weighted by atomic mass is 79.9. The van der Waals surface area contributed by atoms with Crippen LogP contribution in [-0.4, -0.2) is 23.2 Å². The van der Waals surface area contributed by atoms with Gasteiger partial charge in [0.15, 0.2) is 0 Å². The maximum absolute atomic E-state index is 5.13. The van der Waals surface area contributed by atoms with Gasteiger partial charge in [0, 0.05) is 0 Å². The predicted octanol–water partition coefficient (Wildman–Crippen LogP) is 1.48. The highest BCUT2D eigenvalue weighted by Crippen LogP contribution is 2.19. The van der Waals surface area contributed by atoms with Crippen molar-refractivity contribution in [3.8, 4) is 0 Å². The predicted molar refractivity (Wildman–Crippen MR) is 37.3 cm³/mol. The summed E-state index contributed by atoms with van der Waals surface area (Å²) in [6.45, 7) is 1.36. The van der Waals surface area contributed by atoms with Gasteiger partial charge >= 0.3 is 0 Å². The van der Waals surface area contributed by atoms with Crippen molar-refractivity contribution in [1.82, 2.24) is 0 Å². The summed E-state index contributed by atoms with van der Waals surface area (Å²) in [6, 6.07) is 0. The third-order valence-electron chi connectivity index (χ3n) is 0.844. The zero-order valence-corrected chi connectivity index (χ0v) is 7.31. The topological polar surface area (TPSA) is 18.5 Å². The fourth-order valence-electron chi connectivity index (χ4n) is 0.473. The molecule has 0 aliphatic carbocycles. The molecular weight excluding hydrogens is 240 g/mol. The Morgan fingerprint density at radius 3 is 1.62 bits per heavy atom. The number of hydrogen-bond acceptors (Lipinski definition) is 2. The first-order valence-corrected chi connectivity index (χ1v) is 4.15. The quantitative estimate of drug-likeness (QED) is 0.602. The third kappa shape index (κ3) is 1.69. The molecule has 0 radical (unpaired) electrons. The molecule has 1 saturated heterocycles. The van der Waals surface area contributed by atoms with E-state index in [1.54, 1.807) is 0 Å². The van der Waals surface area contributed by atoms with Crippen LogP contribution in [0.15, 0.2) is 0 Å². The highest BCUT2D eigenvalue weighted by molar-refractivity contribution is 9.12. The monoisotopic (exact) mass is 244 g/mol. The van der Waals surface area contributed by atoms with Crippen molar-refractivity contribution in [3.63, 3.8) is 0 Å². The van der Waals surface area contributed by atoms with Crippen LogP contribution in [0.2, 0.25) is 0 Å². The maximum atomic E-state index is 5.13. The summed E-state index contributed by atoms with van der Waals surface area (Å²) < 4.78 is 10.3. The molecule has 0 bridgehead atoms. The van der Waals surface area contributed by atoms with Gasteiger partial charge in [0.05, 0.1) is 13.2 Å². The standard InChI is InChI=1S/C4H6Br2O2/c5-3-4(6)8-2-1-7-3/h3-4H,1-2H2. The van der Waals surface area contributed by atoms with Gasteiger partial charge in [-0.2, -0.15) is 0 Å². The second kappa shape index (κ2) is 3.15. The number of hydrogen-bond donors (Lipinski definition) is 0. The summed E-state index contributed by atoms with van der Waals surface area (Å²) in [6.07, 6.45) is 0. The number of rotatable bonds is 0. The van der Waals surface area contributed by atoms with Gasteiger partial charge in [-0.3, -0.25) is 0 Å². The molecule has 8 heavy (non-hydrogen) atoms. The van der Waals surface area contributed by atoms with E-state index >= 15 is 0 Å². The van der Waals surface area contributed by atoms with Gasteiger partial charge in [0.2, 0.25) is 0 Å². The molecule has 0 spiro atoms. The first kappa shape index (κ1) is 6.99. The molecule has 1 fully saturated rings. The van der Waals surface area contributed by atoms with Crippen molar-refractivity contribution in [1.29, 1.82) is 0 Å². The van der Waals surface area contributed by atoms with Crippen molar-refractivity contribution >= 4 is 31.9 Å². The minimum Gasteiger partial charge on any atom is -0.361 e. The van der Waals surface area contributed by atoms with Gasteiger partial charge in [-0.25, -0.2) is 0 Å². The van der Waals surface area contributed by atoms with Gasteiger partial charge in [0.25, 0.3) is 0 Å². The molecule has 0 amide bonds. The molecule has 2 unspecified atom stereocenters. The van der Waals surface area contributed by atoms with Crippen LogP contribution in [0.1, 0.15) is 0 Å². The van der Waals surface area contributed by atoms with Crippen LogP contribution in [0.25, 0.3) is 0 Å². The summed E-state index contributed by atoms with van der Waals surface area (Å²) in [5.74, 6) is 0. The van der Waals surface area contributed by atoms with Crippen molar-refractivity contribution in [2.24, 2.45) is 0 Å². The fourth-order valence-corrected chi connectivity index (χ4v) is 1.15. The van der Waals surface area contributed by atoms with Crippen LogP contribution < -0.4 is 0 Å². The van der Waals surface area contributed by atoms with Crippen LogP contribution >= 0.6 is 31.9 Å². The number of ether oxygens (including phenoxy) is 2. The summed E-state index contributed by atoms with van der Waals surface area (Å²) in [5, 5.41) is 0.0208. The molecule has 0 saturated carbocycles. The molecular formula is C4H6Br2O2. The van der Waals surface area contributed by atoms with Crippen LogP contribution in [0, 0.1) is 0 Å². The van der Waals surface area contributed by atoms with Crippen LogP contribution in [0.5, 0.6) is 0 Å². The Morgan fingerprint density at radius 1 is 1.00 bits per heavy atom. The lowest BCUT2D eigenvalue weighted by atomic mass is 10.6. The van der Waals surface area contributed by atoms with Crippen LogP contribution in [0.3, 0.4) is 0 Å².